The lowest BCUT2D eigenvalue weighted by Gasteiger charge is -2.18. The topological polar surface area (TPSA) is 82.5 Å². The number of carbonyl (C=O) groups excluding carboxylic acids is 1. The quantitative estimate of drug-likeness (QED) is 0.804. The maximum Gasteiger partial charge on any atom is 0.326 e. The van der Waals surface area contributed by atoms with Crippen LogP contribution >= 0.6 is 0 Å². The van der Waals surface area contributed by atoms with Gasteiger partial charge in [-0.1, -0.05) is 6.07 Å². The first-order chi connectivity index (χ1) is 8.09. The summed E-state index contributed by atoms with van der Waals surface area (Å²) >= 11 is 0. The van der Waals surface area contributed by atoms with Gasteiger partial charge in [0, 0.05) is 12.7 Å². The Morgan fingerprint density at radius 2 is 2.41 bits per heavy atom. The second kappa shape index (κ2) is 4.40. The van der Waals surface area contributed by atoms with E-state index in [1.165, 1.54) is 11.8 Å². The summed E-state index contributed by atoms with van der Waals surface area (Å²) in [5, 5.41) is 11.6. The number of carbonyl (C=O) groups is 2. The number of nitrogens with zero attached hydrogens (tertiary/aromatic N) is 2. The first kappa shape index (κ1) is 11.4. The van der Waals surface area contributed by atoms with E-state index < -0.39 is 12.0 Å². The molecule has 2 rings (SSSR count). The Labute approximate surface area is 98.3 Å². The lowest BCUT2D eigenvalue weighted by Crippen LogP contribution is -2.40. The molecule has 2 unspecified atom stereocenters. The van der Waals surface area contributed by atoms with Gasteiger partial charge in [-0.15, -0.1) is 0 Å². The fourth-order valence-electron chi connectivity index (χ4n) is 1.77. The number of rotatable bonds is 3. The van der Waals surface area contributed by atoms with E-state index in [4.69, 9.17) is 5.11 Å². The summed E-state index contributed by atoms with van der Waals surface area (Å²) in [6, 6.07) is 3.99. The molecule has 2 amide bonds. The lowest BCUT2D eigenvalue weighted by molar-refractivity contribution is -0.141. The number of aliphatic carboxylic acids is 1. The summed E-state index contributed by atoms with van der Waals surface area (Å²) in [6.45, 7) is 1.81. The second-order valence-corrected chi connectivity index (χ2v) is 3.92. The summed E-state index contributed by atoms with van der Waals surface area (Å²) in [6.07, 6.45) is 1.64. The molecule has 0 aromatic carbocycles. The van der Waals surface area contributed by atoms with Crippen molar-refractivity contribution in [2.75, 3.05) is 6.54 Å². The first-order valence-corrected chi connectivity index (χ1v) is 5.30. The molecular weight excluding hydrogens is 222 g/mol. The van der Waals surface area contributed by atoms with Crippen LogP contribution in [0.15, 0.2) is 24.4 Å². The third-order valence-electron chi connectivity index (χ3n) is 2.81. The molecule has 2 N–H and O–H groups in total. The van der Waals surface area contributed by atoms with Crippen LogP contribution in [0.5, 0.6) is 0 Å². The van der Waals surface area contributed by atoms with Gasteiger partial charge in [0.2, 0.25) is 0 Å². The number of urea groups is 1. The minimum absolute atomic E-state index is 0.245. The van der Waals surface area contributed by atoms with Crippen LogP contribution in [0.3, 0.4) is 0 Å². The standard InChI is InChI=1S/C11H13N3O3/c1-7(10(15)16)14-6-9(13-11(14)17)8-4-2-3-5-12-8/h2-5,7,9H,6H2,1H3,(H,13,17)(H,15,16). The van der Waals surface area contributed by atoms with Gasteiger partial charge in [-0.2, -0.15) is 0 Å². The van der Waals surface area contributed by atoms with Crippen molar-refractivity contribution in [3.63, 3.8) is 0 Å². The Balaban J connectivity index is 2.13. The monoisotopic (exact) mass is 235 g/mol. The molecule has 17 heavy (non-hydrogen) atoms. The van der Waals surface area contributed by atoms with Crippen molar-refractivity contribution in [3.05, 3.63) is 30.1 Å². The van der Waals surface area contributed by atoms with Crippen LogP contribution in [0.25, 0.3) is 0 Å². The highest BCUT2D eigenvalue weighted by atomic mass is 16.4. The molecule has 1 aliphatic rings. The molecular formula is C11H13N3O3. The normalized spacial score (nSPS) is 21.1. The Morgan fingerprint density at radius 3 is 3.00 bits per heavy atom. The van der Waals surface area contributed by atoms with Crippen molar-refractivity contribution in [1.29, 1.82) is 0 Å². The van der Waals surface area contributed by atoms with E-state index in [2.05, 4.69) is 10.3 Å². The number of carboxylic acids is 1. The minimum Gasteiger partial charge on any atom is -0.480 e. The van der Waals surface area contributed by atoms with E-state index in [-0.39, 0.29) is 12.1 Å². The molecule has 1 aliphatic heterocycles. The number of aromatic nitrogens is 1. The summed E-state index contributed by atoms with van der Waals surface area (Å²) < 4.78 is 0. The zero-order valence-electron chi connectivity index (χ0n) is 9.33. The average molecular weight is 235 g/mol. The Kier molecular flexibility index (Phi) is 2.95. The van der Waals surface area contributed by atoms with E-state index in [0.717, 1.165) is 5.69 Å². The van der Waals surface area contributed by atoms with E-state index in [9.17, 15) is 9.59 Å². The number of nitrogens with one attached hydrogen (secondary N) is 1. The molecule has 0 bridgehead atoms. The summed E-state index contributed by atoms with van der Waals surface area (Å²) in [4.78, 5) is 27.9. The number of pyridine rings is 1. The Bertz CT molecular complexity index is 435. The largest absolute Gasteiger partial charge is 0.480 e. The van der Waals surface area contributed by atoms with Gasteiger partial charge in [-0.3, -0.25) is 4.98 Å². The molecule has 6 nitrogen and oxygen atoms in total. The third kappa shape index (κ3) is 2.20. The van der Waals surface area contributed by atoms with Crippen LogP contribution in [0.2, 0.25) is 0 Å². The first-order valence-electron chi connectivity index (χ1n) is 5.30. The molecule has 6 heteroatoms. The Hall–Kier alpha value is -2.11. The third-order valence-corrected chi connectivity index (χ3v) is 2.81. The van der Waals surface area contributed by atoms with E-state index in [0.29, 0.717) is 6.54 Å². The highest BCUT2D eigenvalue weighted by Crippen LogP contribution is 2.19. The van der Waals surface area contributed by atoms with E-state index in [1.807, 2.05) is 6.07 Å². The Morgan fingerprint density at radius 1 is 1.65 bits per heavy atom. The van der Waals surface area contributed by atoms with E-state index >= 15 is 0 Å². The second-order valence-electron chi connectivity index (χ2n) is 3.92. The summed E-state index contributed by atoms with van der Waals surface area (Å²) in [7, 11) is 0. The number of amides is 2. The van der Waals surface area contributed by atoms with Gasteiger partial charge in [0.05, 0.1) is 11.7 Å². The molecule has 0 saturated carbocycles. The van der Waals surface area contributed by atoms with Crippen molar-refractivity contribution < 1.29 is 14.7 Å². The minimum atomic E-state index is -1.01. The van der Waals surface area contributed by atoms with Gasteiger partial charge in [0.1, 0.15) is 6.04 Å². The molecule has 1 fully saturated rings. The summed E-state index contributed by atoms with van der Waals surface area (Å²) in [5.74, 6) is -1.01. The van der Waals surface area contributed by atoms with Gasteiger partial charge >= 0.3 is 12.0 Å². The average Bonchev–Trinajstić information content (AvgIpc) is 2.71. The zero-order chi connectivity index (χ0) is 12.4. The van der Waals surface area contributed by atoms with Crippen molar-refractivity contribution in [3.8, 4) is 0 Å². The lowest BCUT2D eigenvalue weighted by atomic mass is 10.2. The van der Waals surface area contributed by atoms with Gasteiger partial charge in [0.15, 0.2) is 0 Å². The zero-order valence-corrected chi connectivity index (χ0v) is 9.33. The number of hydrogen-bond acceptors (Lipinski definition) is 3. The van der Waals surface area contributed by atoms with Crippen LogP contribution in [-0.4, -0.2) is 39.6 Å². The summed E-state index contributed by atoms with van der Waals surface area (Å²) in [5.41, 5.74) is 0.737. The van der Waals surface area contributed by atoms with Crippen molar-refractivity contribution in [2.24, 2.45) is 0 Å². The molecule has 0 radical (unpaired) electrons. The van der Waals surface area contributed by atoms with Gasteiger partial charge < -0.3 is 15.3 Å². The van der Waals surface area contributed by atoms with E-state index in [1.54, 1.807) is 18.3 Å². The highest BCUT2D eigenvalue weighted by molar-refractivity contribution is 5.84. The predicted molar refractivity (Wildman–Crippen MR) is 59.3 cm³/mol. The molecule has 1 saturated heterocycles. The van der Waals surface area contributed by atoms with Crippen molar-refractivity contribution in [2.45, 2.75) is 19.0 Å². The van der Waals surface area contributed by atoms with Gasteiger partial charge in [-0.05, 0) is 19.1 Å². The van der Waals surface area contributed by atoms with Gasteiger partial charge in [0.25, 0.3) is 0 Å². The smallest absolute Gasteiger partial charge is 0.326 e. The molecule has 2 heterocycles. The molecule has 1 aromatic rings. The SMILES string of the molecule is CC(C(=O)O)N1CC(c2ccccn2)NC1=O. The molecule has 0 spiro atoms. The maximum absolute atomic E-state index is 11.6. The number of carboxylic acid groups (broad SMARTS) is 1. The highest BCUT2D eigenvalue weighted by Gasteiger charge is 2.35. The van der Waals surface area contributed by atoms with Crippen LogP contribution in [0.4, 0.5) is 4.79 Å². The predicted octanol–water partition coefficient (Wildman–Crippen LogP) is 0.621. The fourth-order valence-corrected chi connectivity index (χ4v) is 1.77. The number of hydrogen-bond donors (Lipinski definition) is 2. The molecule has 90 valence electrons. The van der Waals surface area contributed by atoms with Crippen LogP contribution in [-0.2, 0) is 4.79 Å². The molecule has 0 aliphatic carbocycles. The van der Waals surface area contributed by atoms with Crippen molar-refractivity contribution >= 4 is 12.0 Å². The van der Waals surface area contributed by atoms with Gasteiger partial charge in [-0.25, -0.2) is 9.59 Å². The van der Waals surface area contributed by atoms with Crippen molar-refractivity contribution in [1.82, 2.24) is 15.2 Å². The van der Waals surface area contributed by atoms with Crippen LogP contribution in [0.1, 0.15) is 18.7 Å². The molecule has 2 atom stereocenters. The van der Waals surface area contributed by atoms with Crippen LogP contribution in [0, 0.1) is 0 Å². The fraction of sp³-hybridized carbons (Fsp3) is 0.364. The maximum atomic E-state index is 11.6. The van der Waals surface area contributed by atoms with Crippen LogP contribution < -0.4 is 5.32 Å². The molecule has 1 aromatic heterocycles.